The molecule has 1 rings (SSSR count). The smallest absolute Gasteiger partial charge is 0.351 e. The van der Waals surface area contributed by atoms with Crippen molar-refractivity contribution in [2.45, 2.75) is 84.7 Å². The second kappa shape index (κ2) is 19.8. The van der Waals surface area contributed by atoms with E-state index in [0.29, 0.717) is 19.3 Å². The van der Waals surface area contributed by atoms with Gasteiger partial charge in [-0.15, -0.1) is 0 Å². The lowest BCUT2D eigenvalue weighted by Crippen LogP contribution is -2.48. The molecule has 0 fully saturated rings. The van der Waals surface area contributed by atoms with Crippen LogP contribution in [0.5, 0.6) is 11.5 Å². The van der Waals surface area contributed by atoms with Crippen molar-refractivity contribution in [3.8, 4) is 11.5 Å². The monoisotopic (exact) mass is 526 g/mol. The number of hydrogen-bond acceptors (Lipinski definition) is 10. The standard InChI is InChI=1S/C20H34O8.C7H8O2/c1-5-8-11-25-17(22)14-20(28-16(4)21,19(24)27-13-10-7-3)15-18(23)26-12-9-6-2;1-9-7-4-2-6(8)3-5-7/h5-15H2,1-4H3;2-5,8H,1H3. The van der Waals surface area contributed by atoms with Gasteiger partial charge >= 0.3 is 23.9 Å². The van der Waals surface area contributed by atoms with Gasteiger partial charge in [0.25, 0.3) is 0 Å². The zero-order chi connectivity index (χ0) is 28.1. The fraction of sp³-hybridized carbons (Fsp3) is 0.630. The third kappa shape index (κ3) is 15.4. The lowest BCUT2D eigenvalue weighted by Gasteiger charge is -2.29. The molecule has 1 N–H and O–H groups in total. The highest BCUT2D eigenvalue weighted by Gasteiger charge is 2.48. The molecule has 37 heavy (non-hydrogen) atoms. The van der Waals surface area contributed by atoms with E-state index in [1.807, 2.05) is 20.8 Å². The maximum absolute atomic E-state index is 12.7. The van der Waals surface area contributed by atoms with Crippen molar-refractivity contribution in [2.24, 2.45) is 0 Å². The van der Waals surface area contributed by atoms with Crippen molar-refractivity contribution in [2.75, 3.05) is 26.9 Å². The minimum atomic E-state index is -2.09. The molecule has 10 heteroatoms. The Labute approximate surface area is 219 Å². The summed E-state index contributed by atoms with van der Waals surface area (Å²) in [6.45, 7) is 7.34. The van der Waals surface area contributed by atoms with Crippen LogP contribution in [0.25, 0.3) is 0 Å². The number of aromatic hydroxyl groups is 1. The molecule has 0 atom stereocenters. The summed E-state index contributed by atoms with van der Waals surface area (Å²) in [6.07, 6.45) is 3.14. The van der Waals surface area contributed by atoms with E-state index in [4.69, 9.17) is 28.8 Å². The van der Waals surface area contributed by atoms with Gasteiger partial charge in [0.1, 0.15) is 11.5 Å². The van der Waals surface area contributed by atoms with Gasteiger partial charge in [-0.1, -0.05) is 40.0 Å². The van der Waals surface area contributed by atoms with E-state index in [1.165, 1.54) is 0 Å². The highest BCUT2D eigenvalue weighted by Crippen LogP contribution is 2.26. The topological polar surface area (TPSA) is 135 Å². The molecule has 0 radical (unpaired) electrons. The number of esters is 4. The summed E-state index contributed by atoms with van der Waals surface area (Å²) in [4.78, 5) is 48.8. The molecule has 0 unspecified atom stereocenters. The van der Waals surface area contributed by atoms with Gasteiger partial charge in [-0.05, 0) is 43.5 Å². The Bertz CT molecular complexity index is 780. The Morgan fingerprint density at radius 2 is 1.19 bits per heavy atom. The van der Waals surface area contributed by atoms with Gasteiger partial charge in [0.2, 0.25) is 5.60 Å². The van der Waals surface area contributed by atoms with Crippen molar-refractivity contribution in [3.63, 3.8) is 0 Å². The van der Waals surface area contributed by atoms with Crippen LogP contribution < -0.4 is 4.74 Å². The molecule has 0 aliphatic carbocycles. The Kier molecular flexibility index (Phi) is 18.1. The number of phenolic OH excluding ortho intramolecular Hbond substituents is 1. The Morgan fingerprint density at radius 1 is 0.757 bits per heavy atom. The minimum Gasteiger partial charge on any atom is -0.508 e. The number of unbranched alkanes of at least 4 members (excludes halogenated alkanes) is 3. The Hall–Kier alpha value is -3.30. The summed E-state index contributed by atoms with van der Waals surface area (Å²) in [7, 11) is 1.59. The van der Waals surface area contributed by atoms with Gasteiger partial charge in [-0.2, -0.15) is 0 Å². The minimum absolute atomic E-state index is 0.0914. The van der Waals surface area contributed by atoms with Crippen LogP contribution in [0.2, 0.25) is 0 Å². The van der Waals surface area contributed by atoms with E-state index in [-0.39, 0.29) is 25.6 Å². The van der Waals surface area contributed by atoms with Crippen molar-refractivity contribution in [1.82, 2.24) is 0 Å². The van der Waals surface area contributed by atoms with Gasteiger partial charge < -0.3 is 28.8 Å². The lowest BCUT2D eigenvalue weighted by atomic mass is 9.95. The van der Waals surface area contributed by atoms with Crippen LogP contribution in [-0.2, 0) is 38.1 Å². The molecule has 0 amide bonds. The predicted octanol–water partition coefficient (Wildman–Crippen LogP) is 4.50. The zero-order valence-electron chi connectivity index (χ0n) is 22.7. The van der Waals surface area contributed by atoms with Crippen LogP contribution in [-0.4, -0.2) is 61.5 Å². The summed E-state index contributed by atoms with van der Waals surface area (Å²) in [5.74, 6) is -2.23. The SMILES string of the molecule is CCCCOC(=O)CC(CC(=O)OCCCC)(OC(C)=O)C(=O)OCCCC.COc1ccc(O)cc1. The quantitative estimate of drug-likeness (QED) is 0.186. The molecule has 0 aliphatic rings. The molecule has 0 aliphatic heterocycles. The summed E-state index contributed by atoms with van der Waals surface area (Å²) >= 11 is 0. The molecular formula is C27H42O10. The van der Waals surface area contributed by atoms with Crippen LogP contribution >= 0.6 is 0 Å². The van der Waals surface area contributed by atoms with Crippen LogP contribution in [0.1, 0.15) is 79.1 Å². The van der Waals surface area contributed by atoms with Crippen LogP contribution in [0.4, 0.5) is 0 Å². The van der Waals surface area contributed by atoms with E-state index in [9.17, 15) is 19.2 Å². The first-order valence-corrected chi connectivity index (χ1v) is 12.6. The lowest BCUT2D eigenvalue weighted by molar-refractivity contribution is -0.190. The van der Waals surface area contributed by atoms with E-state index in [2.05, 4.69) is 0 Å². The van der Waals surface area contributed by atoms with Gasteiger partial charge in [-0.3, -0.25) is 14.4 Å². The summed E-state index contributed by atoms with van der Waals surface area (Å²) in [5.41, 5.74) is -2.09. The second-order valence-electron chi connectivity index (χ2n) is 8.28. The number of ether oxygens (including phenoxy) is 5. The first-order chi connectivity index (χ1) is 17.6. The van der Waals surface area contributed by atoms with E-state index in [0.717, 1.165) is 31.9 Å². The third-order valence-corrected chi connectivity index (χ3v) is 4.90. The van der Waals surface area contributed by atoms with Crippen LogP contribution in [0, 0.1) is 0 Å². The van der Waals surface area contributed by atoms with Gasteiger partial charge in [-0.25, -0.2) is 4.79 Å². The fourth-order valence-corrected chi connectivity index (χ4v) is 2.85. The molecular weight excluding hydrogens is 484 g/mol. The van der Waals surface area contributed by atoms with Crippen LogP contribution in [0.3, 0.4) is 0 Å². The molecule has 0 aromatic heterocycles. The highest BCUT2D eigenvalue weighted by molar-refractivity contribution is 5.92. The molecule has 0 saturated carbocycles. The third-order valence-electron chi connectivity index (χ3n) is 4.90. The largest absolute Gasteiger partial charge is 0.508 e. The molecule has 0 saturated heterocycles. The molecule has 1 aromatic carbocycles. The summed E-state index contributed by atoms with van der Waals surface area (Å²) in [6, 6.07) is 6.57. The van der Waals surface area contributed by atoms with Gasteiger partial charge in [0.05, 0.1) is 39.8 Å². The molecule has 10 nitrogen and oxygen atoms in total. The number of methoxy groups -OCH3 is 1. The first kappa shape index (κ1) is 33.7. The molecule has 0 bridgehead atoms. The van der Waals surface area contributed by atoms with E-state index < -0.39 is 42.3 Å². The zero-order valence-corrected chi connectivity index (χ0v) is 22.7. The van der Waals surface area contributed by atoms with Crippen LogP contribution in [0.15, 0.2) is 24.3 Å². The van der Waals surface area contributed by atoms with Crippen molar-refractivity contribution < 1.29 is 48.0 Å². The summed E-state index contributed by atoms with van der Waals surface area (Å²) < 4.78 is 25.4. The molecule has 0 spiro atoms. The molecule has 1 aromatic rings. The molecule has 0 heterocycles. The van der Waals surface area contributed by atoms with E-state index in [1.54, 1.807) is 31.4 Å². The fourth-order valence-electron chi connectivity index (χ4n) is 2.85. The Morgan fingerprint density at radius 3 is 1.57 bits per heavy atom. The summed E-state index contributed by atoms with van der Waals surface area (Å²) in [5, 5.41) is 8.80. The number of phenols is 1. The van der Waals surface area contributed by atoms with Gasteiger partial charge in [0, 0.05) is 6.92 Å². The van der Waals surface area contributed by atoms with Crippen molar-refractivity contribution >= 4 is 23.9 Å². The van der Waals surface area contributed by atoms with Gasteiger partial charge in [0.15, 0.2) is 0 Å². The number of carbonyl (C=O) groups is 4. The normalized spacial score (nSPS) is 10.4. The number of benzene rings is 1. The number of rotatable bonds is 16. The number of hydrogen-bond donors (Lipinski definition) is 1. The maximum atomic E-state index is 12.7. The first-order valence-electron chi connectivity index (χ1n) is 12.6. The van der Waals surface area contributed by atoms with E-state index >= 15 is 0 Å². The average Bonchev–Trinajstić information content (AvgIpc) is 2.85. The Balaban J connectivity index is 0.00000120. The second-order valence-corrected chi connectivity index (χ2v) is 8.28. The molecule has 210 valence electrons. The van der Waals surface area contributed by atoms with Crippen molar-refractivity contribution in [1.29, 1.82) is 0 Å². The van der Waals surface area contributed by atoms with Crippen molar-refractivity contribution in [3.05, 3.63) is 24.3 Å². The maximum Gasteiger partial charge on any atom is 0.351 e. The highest BCUT2D eigenvalue weighted by atomic mass is 16.6. The number of carbonyl (C=O) groups excluding carboxylic acids is 4. The average molecular weight is 527 g/mol. The predicted molar refractivity (Wildman–Crippen MR) is 136 cm³/mol.